The van der Waals surface area contributed by atoms with Crippen LogP contribution in [0.25, 0.3) is 0 Å². The molecule has 2 unspecified atom stereocenters. The van der Waals surface area contributed by atoms with E-state index in [2.05, 4.69) is 34.5 Å². The van der Waals surface area contributed by atoms with Crippen LogP contribution in [0.5, 0.6) is 5.75 Å². The second-order valence-electron chi connectivity index (χ2n) is 7.06. The first-order valence-electron chi connectivity index (χ1n) is 8.55. The molecule has 0 amide bonds. The van der Waals surface area contributed by atoms with Gasteiger partial charge in [0, 0.05) is 31.7 Å². The number of hydrogen-bond acceptors (Lipinski definition) is 3. The smallest absolute Gasteiger partial charge is 0.119 e. The largest absolute Gasteiger partial charge is 0.493 e. The van der Waals surface area contributed by atoms with Crippen LogP contribution in [0.15, 0.2) is 24.3 Å². The first-order chi connectivity index (χ1) is 10.3. The van der Waals surface area contributed by atoms with Gasteiger partial charge in [-0.05, 0) is 55.7 Å². The van der Waals surface area contributed by atoms with Gasteiger partial charge in [0.25, 0.3) is 0 Å². The Morgan fingerprint density at radius 3 is 2.55 bits per heavy atom. The van der Waals surface area contributed by atoms with Crippen molar-refractivity contribution < 1.29 is 4.74 Å². The van der Waals surface area contributed by atoms with E-state index in [1.807, 2.05) is 0 Å². The number of rotatable bonds is 5. The van der Waals surface area contributed by atoms with Gasteiger partial charge in [0.1, 0.15) is 5.75 Å². The van der Waals surface area contributed by atoms with Crippen LogP contribution in [0.3, 0.4) is 0 Å². The molecule has 22 heavy (non-hydrogen) atoms. The van der Waals surface area contributed by atoms with Crippen LogP contribution in [0, 0.1) is 5.92 Å². The highest BCUT2D eigenvalue weighted by molar-refractivity contribution is 5.85. The van der Waals surface area contributed by atoms with Gasteiger partial charge < -0.3 is 10.1 Å². The summed E-state index contributed by atoms with van der Waals surface area (Å²) in [5.41, 5.74) is 1.41. The number of nitrogens with one attached hydrogen (secondary N) is 1. The Hall–Kier alpha value is -0.770. The van der Waals surface area contributed by atoms with Crippen molar-refractivity contribution in [2.75, 3.05) is 19.7 Å². The predicted octanol–water partition coefficient (Wildman–Crippen LogP) is 3.22. The third-order valence-electron chi connectivity index (χ3n) is 5.12. The van der Waals surface area contributed by atoms with Crippen LogP contribution in [-0.2, 0) is 6.54 Å². The first-order valence-corrected chi connectivity index (χ1v) is 8.55. The fourth-order valence-corrected chi connectivity index (χ4v) is 3.61. The van der Waals surface area contributed by atoms with E-state index in [0.29, 0.717) is 0 Å². The normalized spacial score (nSPS) is 28.0. The van der Waals surface area contributed by atoms with E-state index in [1.54, 1.807) is 0 Å². The highest BCUT2D eigenvalue weighted by atomic mass is 35.5. The standard InChI is InChI=1S/C18H26N2O.ClH/c1-2-15(1)13-21-18-7-3-14(4-8-18)11-20-10-9-16-5-6-17(12-20)19-16;/h3-4,7-8,15-17,19H,1-2,5-6,9-13H2;1H. The Morgan fingerprint density at radius 1 is 1.00 bits per heavy atom. The van der Waals surface area contributed by atoms with Crippen LogP contribution in [0.4, 0.5) is 0 Å². The summed E-state index contributed by atoms with van der Waals surface area (Å²) in [5.74, 6) is 1.85. The number of likely N-dealkylation sites (tertiary alicyclic amines) is 1. The van der Waals surface area contributed by atoms with Crippen LogP contribution in [0.2, 0.25) is 0 Å². The summed E-state index contributed by atoms with van der Waals surface area (Å²) >= 11 is 0. The zero-order valence-corrected chi connectivity index (χ0v) is 14.0. The van der Waals surface area contributed by atoms with Crippen LogP contribution < -0.4 is 10.1 Å². The predicted molar refractivity (Wildman–Crippen MR) is 91.7 cm³/mol. The van der Waals surface area contributed by atoms with Crippen molar-refractivity contribution in [2.24, 2.45) is 5.92 Å². The van der Waals surface area contributed by atoms with Gasteiger partial charge in [-0.1, -0.05) is 12.1 Å². The maximum Gasteiger partial charge on any atom is 0.119 e. The molecular formula is C18H27ClN2O. The number of hydrogen-bond donors (Lipinski definition) is 1. The molecule has 3 aliphatic rings. The lowest BCUT2D eigenvalue weighted by Crippen LogP contribution is -2.34. The fourth-order valence-electron chi connectivity index (χ4n) is 3.61. The molecule has 2 aliphatic heterocycles. The fraction of sp³-hybridized carbons (Fsp3) is 0.667. The average molecular weight is 323 g/mol. The van der Waals surface area contributed by atoms with Gasteiger partial charge in [-0.3, -0.25) is 4.90 Å². The molecule has 0 radical (unpaired) electrons. The summed E-state index contributed by atoms with van der Waals surface area (Å²) in [4.78, 5) is 2.61. The van der Waals surface area contributed by atoms with Gasteiger partial charge in [0.2, 0.25) is 0 Å². The quantitative estimate of drug-likeness (QED) is 0.901. The van der Waals surface area contributed by atoms with E-state index < -0.39 is 0 Å². The summed E-state index contributed by atoms with van der Waals surface area (Å²) in [6.45, 7) is 4.42. The Morgan fingerprint density at radius 2 is 1.77 bits per heavy atom. The number of nitrogens with zero attached hydrogens (tertiary/aromatic N) is 1. The van der Waals surface area contributed by atoms with E-state index >= 15 is 0 Å². The number of benzene rings is 1. The SMILES string of the molecule is Cl.c1cc(OCC2CC2)ccc1CN1CCC2CCC(C1)N2. The monoisotopic (exact) mass is 322 g/mol. The first kappa shape index (κ1) is 16.1. The van der Waals surface area contributed by atoms with E-state index in [1.165, 1.54) is 50.8 Å². The average Bonchev–Trinajstić information content (AvgIpc) is 3.24. The summed E-state index contributed by atoms with van der Waals surface area (Å²) in [6.07, 6.45) is 6.74. The minimum absolute atomic E-state index is 0. The third kappa shape index (κ3) is 4.15. The van der Waals surface area contributed by atoms with Gasteiger partial charge in [0.15, 0.2) is 0 Å². The van der Waals surface area contributed by atoms with Gasteiger partial charge in [-0.25, -0.2) is 0 Å². The topological polar surface area (TPSA) is 24.5 Å². The highest BCUT2D eigenvalue weighted by Gasteiger charge is 2.29. The van der Waals surface area contributed by atoms with Crippen molar-refractivity contribution in [2.45, 2.75) is 50.7 Å². The molecule has 2 heterocycles. The molecule has 4 heteroatoms. The molecule has 3 fully saturated rings. The van der Waals surface area contributed by atoms with Crippen LogP contribution >= 0.6 is 12.4 Å². The van der Waals surface area contributed by atoms with E-state index in [0.717, 1.165) is 36.9 Å². The van der Waals surface area contributed by atoms with Crippen molar-refractivity contribution in [3.8, 4) is 5.75 Å². The maximum absolute atomic E-state index is 5.81. The lowest BCUT2D eigenvalue weighted by Gasteiger charge is -2.24. The van der Waals surface area contributed by atoms with E-state index in [-0.39, 0.29) is 12.4 Å². The van der Waals surface area contributed by atoms with Gasteiger partial charge in [0.05, 0.1) is 6.61 Å². The molecular weight excluding hydrogens is 296 g/mol. The molecule has 1 aliphatic carbocycles. The second kappa shape index (κ2) is 7.20. The Kier molecular flexibility index (Phi) is 5.27. The molecule has 1 aromatic rings. The molecule has 3 nitrogen and oxygen atoms in total. The van der Waals surface area contributed by atoms with E-state index in [9.17, 15) is 0 Å². The number of halogens is 1. The van der Waals surface area contributed by atoms with Crippen molar-refractivity contribution in [1.82, 2.24) is 10.2 Å². The summed E-state index contributed by atoms with van der Waals surface area (Å²) in [6, 6.07) is 10.2. The highest BCUT2D eigenvalue weighted by Crippen LogP contribution is 2.29. The molecule has 2 bridgehead atoms. The zero-order chi connectivity index (χ0) is 14.1. The number of ether oxygens (including phenoxy) is 1. The molecule has 0 aromatic heterocycles. The van der Waals surface area contributed by atoms with E-state index in [4.69, 9.17) is 4.74 Å². The van der Waals surface area contributed by atoms with Gasteiger partial charge >= 0.3 is 0 Å². The second-order valence-corrected chi connectivity index (χ2v) is 7.06. The van der Waals surface area contributed by atoms with Crippen molar-refractivity contribution in [3.63, 3.8) is 0 Å². The van der Waals surface area contributed by atoms with Crippen LogP contribution in [0.1, 0.15) is 37.7 Å². The third-order valence-corrected chi connectivity index (χ3v) is 5.12. The molecule has 2 saturated heterocycles. The Labute approximate surface area is 139 Å². The molecule has 122 valence electrons. The molecule has 2 atom stereocenters. The summed E-state index contributed by atoms with van der Waals surface area (Å²) < 4.78 is 5.81. The molecule has 4 rings (SSSR count). The summed E-state index contributed by atoms with van der Waals surface area (Å²) in [7, 11) is 0. The molecule has 0 spiro atoms. The molecule has 1 saturated carbocycles. The van der Waals surface area contributed by atoms with Gasteiger partial charge in [-0.15, -0.1) is 12.4 Å². The minimum atomic E-state index is 0. The molecule has 1 N–H and O–H groups in total. The molecule has 1 aromatic carbocycles. The minimum Gasteiger partial charge on any atom is -0.493 e. The van der Waals surface area contributed by atoms with Crippen molar-refractivity contribution in [1.29, 1.82) is 0 Å². The Bertz CT molecular complexity index is 474. The lowest BCUT2D eigenvalue weighted by molar-refractivity contribution is 0.250. The maximum atomic E-state index is 5.81. The lowest BCUT2D eigenvalue weighted by atomic mass is 10.1. The van der Waals surface area contributed by atoms with Crippen LogP contribution in [-0.4, -0.2) is 36.7 Å². The van der Waals surface area contributed by atoms with Gasteiger partial charge in [-0.2, -0.15) is 0 Å². The number of fused-ring (bicyclic) bond motifs is 2. The Balaban J connectivity index is 0.00000144. The van der Waals surface area contributed by atoms with Crippen molar-refractivity contribution >= 4 is 12.4 Å². The summed E-state index contributed by atoms with van der Waals surface area (Å²) in [5, 5.41) is 3.75. The zero-order valence-electron chi connectivity index (χ0n) is 13.2. The van der Waals surface area contributed by atoms with Crippen molar-refractivity contribution in [3.05, 3.63) is 29.8 Å².